The number of piperidine rings is 1. The monoisotopic (exact) mass is 384 g/mol. The van der Waals surface area contributed by atoms with Gasteiger partial charge in [0.05, 0.1) is 11.8 Å². The second-order valence-corrected chi connectivity index (χ2v) is 7.14. The number of rotatable bonds is 7. The molecule has 3 rings (SSSR count). The van der Waals surface area contributed by atoms with Gasteiger partial charge in [-0.1, -0.05) is 17.7 Å². The number of hydrogen-bond acceptors (Lipinski definition) is 4. The summed E-state index contributed by atoms with van der Waals surface area (Å²) in [5, 5.41) is 3.41. The molecular formula is C22H32N4O2. The molecule has 0 radical (unpaired) electrons. The van der Waals surface area contributed by atoms with E-state index in [1.165, 1.54) is 5.56 Å². The van der Waals surface area contributed by atoms with Gasteiger partial charge in [-0.15, -0.1) is 0 Å². The number of hydrogen-bond donors (Lipinski definition) is 1. The average Bonchev–Trinajstić information content (AvgIpc) is 3.18. The fourth-order valence-corrected chi connectivity index (χ4v) is 3.42. The third-order valence-electron chi connectivity index (χ3n) is 4.96. The molecule has 0 amide bonds. The van der Waals surface area contributed by atoms with E-state index in [1.807, 2.05) is 12.1 Å². The molecule has 2 heterocycles. The molecule has 0 spiro atoms. The van der Waals surface area contributed by atoms with E-state index < -0.39 is 0 Å². The molecule has 6 heteroatoms. The predicted molar refractivity (Wildman–Crippen MR) is 113 cm³/mol. The van der Waals surface area contributed by atoms with Crippen LogP contribution in [0.4, 0.5) is 0 Å². The molecule has 1 aliphatic rings. The maximum Gasteiger partial charge on any atom is 0.226 e. The topological polar surface area (TPSA) is 62.9 Å². The molecule has 0 aliphatic carbocycles. The second kappa shape index (κ2) is 10.3. The molecule has 6 nitrogen and oxygen atoms in total. The number of likely N-dealkylation sites (tertiary alicyclic amines) is 1. The van der Waals surface area contributed by atoms with Gasteiger partial charge in [-0.2, -0.15) is 0 Å². The molecule has 1 fully saturated rings. The van der Waals surface area contributed by atoms with Gasteiger partial charge in [-0.3, -0.25) is 4.99 Å². The summed E-state index contributed by atoms with van der Waals surface area (Å²) in [7, 11) is 0. The van der Waals surface area contributed by atoms with Gasteiger partial charge >= 0.3 is 0 Å². The van der Waals surface area contributed by atoms with Gasteiger partial charge in [0, 0.05) is 44.8 Å². The van der Waals surface area contributed by atoms with E-state index in [1.54, 1.807) is 6.26 Å². The zero-order valence-electron chi connectivity index (χ0n) is 17.3. The van der Waals surface area contributed by atoms with Crippen molar-refractivity contribution in [3.8, 4) is 11.5 Å². The van der Waals surface area contributed by atoms with Crippen molar-refractivity contribution < 1.29 is 9.15 Å². The number of aromatic nitrogens is 1. The second-order valence-electron chi connectivity index (χ2n) is 7.14. The Morgan fingerprint density at radius 2 is 2.00 bits per heavy atom. The highest BCUT2D eigenvalue weighted by Crippen LogP contribution is 2.19. The van der Waals surface area contributed by atoms with E-state index in [-0.39, 0.29) is 0 Å². The first kappa shape index (κ1) is 20.4. The molecule has 1 aromatic heterocycles. The summed E-state index contributed by atoms with van der Waals surface area (Å²) >= 11 is 0. The summed E-state index contributed by atoms with van der Waals surface area (Å²) in [5.41, 5.74) is 3.17. The van der Waals surface area contributed by atoms with Crippen LogP contribution in [0.15, 0.2) is 39.9 Å². The van der Waals surface area contributed by atoms with Gasteiger partial charge < -0.3 is 19.4 Å². The zero-order chi connectivity index (χ0) is 19.8. The van der Waals surface area contributed by atoms with E-state index in [2.05, 4.69) is 48.1 Å². The zero-order valence-corrected chi connectivity index (χ0v) is 17.3. The SMILES string of the molecule is CCNC(=NCCc1coc(-c2ccc(C)cc2)n1)N1CCC(OCC)CC1. The first-order valence-electron chi connectivity index (χ1n) is 10.4. The summed E-state index contributed by atoms with van der Waals surface area (Å²) in [6, 6.07) is 8.22. The summed E-state index contributed by atoms with van der Waals surface area (Å²) in [4.78, 5) is 11.7. The quantitative estimate of drug-likeness (QED) is 0.583. The van der Waals surface area contributed by atoms with Gasteiger partial charge in [0.15, 0.2) is 5.96 Å². The van der Waals surface area contributed by atoms with Crippen LogP contribution in [-0.4, -0.2) is 54.7 Å². The van der Waals surface area contributed by atoms with Crippen molar-refractivity contribution in [1.29, 1.82) is 0 Å². The van der Waals surface area contributed by atoms with E-state index in [4.69, 9.17) is 14.1 Å². The highest BCUT2D eigenvalue weighted by atomic mass is 16.5. The Bertz CT molecular complexity index is 746. The first-order chi connectivity index (χ1) is 13.7. The number of aryl methyl sites for hydroxylation is 1. The summed E-state index contributed by atoms with van der Waals surface area (Å²) < 4.78 is 11.4. The molecule has 0 saturated carbocycles. The number of ether oxygens (including phenoxy) is 1. The third kappa shape index (κ3) is 5.58. The average molecular weight is 385 g/mol. The van der Waals surface area contributed by atoms with Crippen molar-refractivity contribution in [2.75, 3.05) is 32.8 Å². The van der Waals surface area contributed by atoms with Crippen LogP contribution in [0.1, 0.15) is 37.9 Å². The molecule has 1 saturated heterocycles. The number of benzene rings is 1. The smallest absolute Gasteiger partial charge is 0.226 e. The minimum atomic E-state index is 0.388. The van der Waals surface area contributed by atoms with E-state index in [9.17, 15) is 0 Å². The minimum Gasteiger partial charge on any atom is -0.444 e. The number of nitrogens with one attached hydrogen (secondary N) is 1. The molecule has 2 aromatic rings. The van der Waals surface area contributed by atoms with E-state index in [0.29, 0.717) is 18.5 Å². The molecule has 1 aliphatic heterocycles. The Hall–Kier alpha value is -2.34. The van der Waals surface area contributed by atoms with Crippen molar-refractivity contribution in [2.24, 2.45) is 4.99 Å². The van der Waals surface area contributed by atoms with Crippen LogP contribution >= 0.6 is 0 Å². The Morgan fingerprint density at radius 3 is 2.68 bits per heavy atom. The van der Waals surface area contributed by atoms with Crippen LogP contribution in [0.3, 0.4) is 0 Å². The lowest BCUT2D eigenvalue weighted by Gasteiger charge is -2.34. The van der Waals surface area contributed by atoms with Crippen molar-refractivity contribution >= 4 is 5.96 Å². The first-order valence-corrected chi connectivity index (χ1v) is 10.4. The fraction of sp³-hybridized carbons (Fsp3) is 0.545. The summed E-state index contributed by atoms with van der Waals surface area (Å²) in [6.45, 7) is 10.6. The van der Waals surface area contributed by atoms with Crippen LogP contribution < -0.4 is 5.32 Å². The number of oxazole rings is 1. The van der Waals surface area contributed by atoms with E-state index in [0.717, 1.165) is 62.7 Å². The Balaban J connectivity index is 1.55. The van der Waals surface area contributed by atoms with Crippen molar-refractivity contribution in [2.45, 2.75) is 46.1 Å². The normalized spacial score (nSPS) is 15.8. The summed E-state index contributed by atoms with van der Waals surface area (Å²) in [6.07, 6.45) is 5.01. The van der Waals surface area contributed by atoms with Crippen LogP contribution in [0.2, 0.25) is 0 Å². The molecule has 152 valence electrons. The minimum absolute atomic E-state index is 0.388. The number of guanidine groups is 1. The Kier molecular flexibility index (Phi) is 7.48. The van der Waals surface area contributed by atoms with Crippen LogP contribution in [0.5, 0.6) is 0 Å². The summed E-state index contributed by atoms with van der Waals surface area (Å²) in [5.74, 6) is 1.66. The highest BCUT2D eigenvalue weighted by molar-refractivity contribution is 5.80. The Morgan fingerprint density at radius 1 is 1.25 bits per heavy atom. The molecule has 0 bridgehead atoms. The maximum atomic E-state index is 5.75. The largest absolute Gasteiger partial charge is 0.444 e. The lowest BCUT2D eigenvalue weighted by Crippen LogP contribution is -2.47. The standard InChI is InChI=1S/C22H32N4O2/c1-4-23-22(26-14-11-20(12-15-26)27-5-2)24-13-10-19-16-28-21(25-19)18-8-6-17(3)7-9-18/h6-9,16,20H,4-5,10-15H2,1-3H3,(H,23,24). The lowest BCUT2D eigenvalue weighted by atomic mass is 10.1. The van der Waals surface area contributed by atoms with Gasteiger partial charge in [0.25, 0.3) is 0 Å². The molecular weight excluding hydrogens is 352 g/mol. The fourth-order valence-electron chi connectivity index (χ4n) is 3.42. The third-order valence-corrected chi connectivity index (χ3v) is 4.96. The van der Waals surface area contributed by atoms with Gasteiger partial charge in [-0.25, -0.2) is 4.98 Å². The Labute approximate surface area is 168 Å². The highest BCUT2D eigenvalue weighted by Gasteiger charge is 2.21. The van der Waals surface area contributed by atoms with E-state index >= 15 is 0 Å². The number of nitrogens with zero attached hydrogens (tertiary/aromatic N) is 3. The molecule has 0 unspecified atom stereocenters. The lowest BCUT2D eigenvalue weighted by molar-refractivity contribution is 0.0264. The van der Waals surface area contributed by atoms with Crippen LogP contribution in [0.25, 0.3) is 11.5 Å². The number of aliphatic imine (C=N–C) groups is 1. The molecule has 1 N–H and O–H groups in total. The molecule has 28 heavy (non-hydrogen) atoms. The van der Waals surface area contributed by atoms with Crippen molar-refractivity contribution in [3.05, 3.63) is 41.8 Å². The van der Waals surface area contributed by atoms with Crippen LogP contribution in [-0.2, 0) is 11.2 Å². The van der Waals surface area contributed by atoms with Crippen LogP contribution in [0, 0.1) is 6.92 Å². The van der Waals surface area contributed by atoms with Gasteiger partial charge in [0.1, 0.15) is 6.26 Å². The predicted octanol–water partition coefficient (Wildman–Crippen LogP) is 3.66. The molecule has 1 aromatic carbocycles. The maximum absolute atomic E-state index is 5.75. The van der Waals surface area contributed by atoms with Gasteiger partial charge in [-0.05, 0) is 45.7 Å². The van der Waals surface area contributed by atoms with Gasteiger partial charge in [0.2, 0.25) is 5.89 Å². The van der Waals surface area contributed by atoms with Crippen molar-refractivity contribution in [1.82, 2.24) is 15.2 Å². The molecule has 0 atom stereocenters. The van der Waals surface area contributed by atoms with Crippen molar-refractivity contribution in [3.63, 3.8) is 0 Å².